The van der Waals surface area contributed by atoms with Gasteiger partial charge in [-0.2, -0.15) is 0 Å². The molecule has 0 aliphatic carbocycles. The van der Waals surface area contributed by atoms with E-state index in [2.05, 4.69) is 29.4 Å². The van der Waals surface area contributed by atoms with Gasteiger partial charge in [0, 0.05) is 6.20 Å². The second kappa shape index (κ2) is 3.39. The zero-order valence-corrected chi connectivity index (χ0v) is 7.22. The molecule has 0 amide bonds. The molecule has 1 heterocycles. The van der Waals surface area contributed by atoms with E-state index >= 15 is 0 Å². The maximum Gasteiger partial charge on any atom is 0.0831 e. The van der Waals surface area contributed by atoms with Crippen molar-refractivity contribution in [2.75, 3.05) is 0 Å². The van der Waals surface area contributed by atoms with Crippen LogP contribution in [0.4, 0.5) is 0 Å². The Balaban J connectivity index is 2.15. The van der Waals surface area contributed by atoms with Crippen molar-refractivity contribution >= 4 is 0 Å². The molecule has 0 atom stereocenters. The van der Waals surface area contributed by atoms with E-state index in [9.17, 15) is 0 Å². The van der Waals surface area contributed by atoms with Crippen molar-refractivity contribution < 1.29 is 0 Å². The molecular formula is C10H10N3. The van der Waals surface area contributed by atoms with Crippen molar-refractivity contribution in [3.8, 4) is 0 Å². The van der Waals surface area contributed by atoms with Crippen LogP contribution < -0.4 is 0 Å². The predicted molar refractivity (Wildman–Crippen MR) is 50.0 cm³/mol. The lowest BCUT2D eigenvalue weighted by Gasteiger charge is -1.98. The minimum atomic E-state index is 0.705. The normalized spacial score (nSPS) is 10.2. The Labute approximate surface area is 77.0 Å². The minimum Gasteiger partial charge on any atom is -0.248 e. The van der Waals surface area contributed by atoms with Crippen LogP contribution >= 0.6 is 0 Å². The maximum atomic E-state index is 3.92. The molecule has 3 nitrogen and oxygen atoms in total. The first-order chi connectivity index (χ1) is 6.34. The van der Waals surface area contributed by atoms with E-state index in [0.717, 1.165) is 6.54 Å². The van der Waals surface area contributed by atoms with E-state index in [4.69, 9.17) is 0 Å². The first-order valence-corrected chi connectivity index (χ1v) is 4.10. The SMILES string of the molecule is [CH2]c1cn(Cc2ccccc2)nn1. The fraction of sp³-hybridized carbons (Fsp3) is 0.100. The lowest BCUT2D eigenvalue weighted by molar-refractivity contribution is 0.649. The first-order valence-electron chi connectivity index (χ1n) is 4.10. The quantitative estimate of drug-likeness (QED) is 0.687. The van der Waals surface area contributed by atoms with Crippen molar-refractivity contribution in [1.82, 2.24) is 15.0 Å². The average molecular weight is 172 g/mol. The molecule has 0 unspecified atom stereocenters. The lowest BCUT2D eigenvalue weighted by atomic mass is 10.2. The van der Waals surface area contributed by atoms with Gasteiger partial charge in [-0.3, -0.25) is 0 Å². The summed E-state index contributed by atoms with van der Waals surface area (Å²) in [6.45, 7) is 4.44. The largest absolute Gasteiger partial charge is 0.248 e. The highest BCUT2D eigenvalue weighted by atomic mass is 15.4. The molecule has 0 saturated heterocycles. The Hall–Kier alpha value is -1.64. The van der Waals surface area contributed by atoms with Gasteiger partial charge in [-0.25, -0.2) is 4.68 Å². The van der Waals surface area contributed by atoms with Crippen LogP contribution in [-0.4, -0.2) is 15.0 Å². The van der Waals surface area contributed by atoms with Crippen molar-refractivity contribution in [2.24, 2.45) is 0 Å². The topological polar surface area (TPSA) is 30.7 Å². The molecule has 2 aromatic rings. The monoisotopic (exact) mass is 172 g/mol. The molecule has 0 spiro atoms. The summed E-state index contributed by atoms with van der Waals surface area (Å²) in [5, 5.41) is 7.73. The third kappa shape index (κ3) is 1.93. The van der Waals surface area contributed by atoms with E-state index in [0.29, 0.717) is 5.69 Å². The van der Waals surface area contributed by atoms with Crippen LogP contribution in [0.1, 0.15) is 11.3 Å². The van der Waals surface area contributed by atoms with E-state index < -0.39 is 0 Å². The van der Waals surface area contributed by atoms with Gasteiger partial charge in [0.15, 0.2) is 0 Å². The Morgan fingerprint density at radius 1 is 1.23 bits per heavy atom. The van der Waals surface area contributed by atoms with E-state index in [1.807, 2.05) is 24.4 Å². The molecule has 0 bridgehead atoms. The van der Waals surface area contributed by atoms with Gasteiger partial charge in [-0.05, 0) is 12.5 Å². The summed E-state index contributed by atoms with van der Waals surface area (Å²) in [5.41, 5.74) is 1.92. The number of nitrogens with zero attached hydrogens (tertiary/aromatic N) is 3. The van der Waals surface area contributed by atoms with Crippen LogP contribution in [-0.2, 0) is 6.54 Å². The molecule has 0 aliphatic heterocycles. The summed E-state index contributed by atoms with van der Waals surface area (Å²) in [5.74, 6) is 0. The van der Waals surface area contributed by atoms with Gasteiger partial charge < -0.3 is 0 Å². The van der Waals surface area contributed by atoms with Crippen molar-refractivity contribution in [2.45, 2.75) is 6.54 Å². The highest BCUT2D eigenvalue weighted by Gasteiger charge is 1.96. The van der Waals surface area contributed by atoms with Crippen LogP contribution in [0.15, 0.2) is 36.5 Å². The zero-order valence-electron chi connectivity index (χ0n) is 7.22. The van der Waals surface area contributed by atoms with E-state index in [1.54, 1.807) is 4.68 Å². The summed E-state index contributed by atoms with van der Waals surface area (Å²) in [6, 6.07) is 10.1. The maximum absolute atomic E-state index is 3.92. The highest BCUT2D eigenvalue weighted by Crippen LogP contribution is 2.01. The Morgan fingerprint density at radius 2 is 2.00 bits per heavy atom. The third-order valence-corrected chi connectivity index (χ3v) is 1.77. The number of rotatable bonds is 2. The predicted octanol–water partition coefficient (Wildman–Crippen LogP) is 1.51. The van der Waals surface area contributed by atoms with E-state index in [-0.39, 0.29) is 0 Å². The molecule has 3 heteroatoms. The fourth-order valence-corrected chi connectivity index (χ4v) is 1.19. The van der Waals surface area contributed by atoms with Gasteiger partial charge in [0.1, 0.15) is 0 Å². The Bertz CT molecular complexity index is 378. The van der Waals surface area contributed by atoms with Crippen molar-refractivity contribution in [1.29, 1.82) is 0 Å². The molecule has 13 heavy (non-hydrogen) atoms. The summed E-state index contributed by atoms with van der Waals surface area (Å²) < 4.78 is 1.78. The molecular weight excluding hydrogens is 162 g/mol. The van der Waals surface area contributed by atoms with Gasteiger partial charge in [0.2, 0.25) is 0 Å². The number of hydrogen-bond acceptors (Lipinski definition) is 2. The lowest BCUT2D eigenvalue weighted by Crippen LogP contribution is -1.99. The standard InChI is InChI=1S/C10H10N3/c1-9-7-13(12-11-9)8-10-5-3-2-4-6-10/h2-7H,1,8H2. The van der Waals surface area contributed by atoms with Crippen molar-refractivity contribution in [3.63, 3.8) is 0 Å². The summed E-state index contributed by atoms with van der Waals surface area (Å²) in [6.07, 6.45) is 1.83. The minimum absolute atomic E-state index is 0.705. The first kappa shape index (κ1) is 7.98. The molecule has 1 radical (unpaired) electrons. The van der Waals surface area contributed by atoms with Crippen LogP contribution in [0.5, 0.6) is 0 Å². The van der Waals surface area contributed by atoms with Gasteiger partial charge in [-0.1, -0.05) is 35.5 Å². The summed E-state index contributed by atoms with van der Waals surface area (Å²) in [7, 11) is 0. The zero-order chi connectivity index (χ0) is 9.10. The van der Waals surface area contributed by atoms with Gasteiger partial charge in [0.05, 0.1) is 12.2 Å². The molecule has 0 saturated carbocycles. The van der Waals surface area contributed by atoms with Crippen molar-refractivity contribution in [3.05, 3.63) is 54.7 Å². The average Bonchev–Trinajstić information content (AvgIpc) is 2.53. The molecule has 1 aromatic carbocycles. The number of aromatic nitrogens is 3. The van der Waals surface area contributed by atoms with Gasteiger partial charge >= 0.3 is 0 Å². The molecule has 2 rings (SSSR count). The summed E-state index contributed by atoms with van der Waals surface area (Å²) in [4.78, 5) is 0. The second-order valence-electron chi connectivity index (χ2n) is 2.89. The number of benzene rings is 1. The molecule has 1 aromatic heterocycles. The van der Waals surface area contributed by atoms with Crippen LogP contribution in [0.2, 0.25) is 0 Å². The second-order valence-corrected chi connectivity index (χ2v) is 2.89. The molecule has 65 valence electrons. The number of hydrogen-bond donors (Lipinski definition) is 0. The van der Waals surface area contributed by atoms with Crippen LogP contribution in [0.25, 0.3) is 0 Å². The third-order valence-electron chi connectivity index (χ3n) is 1.77. The molecule has 0 N–H and O–H groups in total. The smallest absolute Gasteiger partial charge is 0.0831 e. The Morgan fingerprint density at radius 3 is 2.62 bits per heavy atom. The van der Waals surface area contributed by atoms with Gasteiger partial charge in [-0.15, -0.1) is 5.10 Å². The highest BCUT2D eigenvalue weighted by molar-refractivity contribution is 5.14. The van der Waals surface area contributed by atoms with E-state index in [1.165, 1.54) is 5.56 Å². The van der Waals surface area contributed by atoms with Crippen LogP contribution in [0, 0.1) is 6.92 Å². The van der Waals surface area contributed by atoms with Gasteiger partial charge in [0.25, 0.3) is 0 Å². The fourth-order valence-electron chi connectivity index (χ4n) is 1.19. The summed E-state index contributed by atoms with van der Waals surface area (Å²) >= 11 is 0. The Kier molecular flexibility index (Phi) is 2.08. The molecule has 0 aliphatic rings. The van der Waals surface area contributed by atoms with Crippen LogP contribution in [0.3, 0.4) is 0 Å². The molecule has 0 fully saturated rings.